The minimum Gasteiger partial charge on any atom is -0.496 e. The van der Waals surface area contributed by atoms with Crippen molar-refractivity contribution in [2.24, 2.45) is 4.99 Å². The number of hydrogen-bond donors (Lipinski definition) is 0. The molecule has 0 aliphatic carbocycles. The zero-order valence-corrected chi connectivity index (χ0v) is 24.2. The number of amides is 1. The number of benzene rings is 2. The molecule has 0 spiro atoms. The van der Waals surface area contributed by atoms with Gasteiger partial charge in [-0.15, -0.1) is 0 Å². The van der Waals surface area contributed by atoms with Crippen LogP contribution in [-0.4, -0.2) is 35.6 Å². The van der Waals surface area contributed by atoms with Crippen molar-refractivity contribution >= 4 is 23.3 Å². The minimum atomic E-state index is -4.48. The average molecular weight is 596 g/mol. The third-order valence-electron chi connectivity index (χ3n) is 7.11. The van der Waals surface area contributed by atoms with Crippen molar-refractivity contribution < 1.29 is 27.1 Å². The lowest BCUT2D eigenvalue weighted by Crippen LogP contribution is -2.43. The van der Waals surface area contributed by atoms with E-state index in [0.717, 1.165) is 23.5 Å². The molecule has 1 amide bonds. The number of likely N-dealkylation sites (N-methyl/N-ethyl adjacent to an activating group) is 1. The van der Waals surface area contributed by atoms with E-state index in [1.807, 2.05) is 32.0 Å². The molecule has 0 saturated heterocycles. The molecular weight excluding hydrogens is 567 g/mol. The molecule has 2 aromatic carbocycles. The summed E-state index contributed by atoms with van der Waals surface area (Å²) < 4.78 is 52.9. The smallest absolute Gasteiger partial charge is 0.416 e. The first-order valence-corrected chi connectivity index (χ1v) is 14.1. The van der Waals surface area contributed by atoms with Crippen molar-refractivity contribution in [3.05, 3.63) is 109 Å². The van der Waals surface area contributed by atoms with Crippen LogP contribution in [-0.2, 0) is 11.0 Å². The Bertz CT molecular complexity index is 1860. The van der Waals surface area contributed by atoms with Gasteiger partial charge in [-0.25, -0.2) is 4.99 Å². The van der Waals surface area contributed by atoms with Crippen molar-refractivity contribution in [1.29, 1.82) is 0 Å². The number of nitrogens with zero attached hydrogens (tertiary/aromatic N) is 3. The second-order valence-corrected chi connectivity index (χ2v) is 10.6. The Labute approximate surface area is 243 Å². The van der Waals surface area contributed by atoms with Gasteiger partial charge in [0.25, 0.3) is 11.5 Å². The molecule has 11 heteroatoms. The second kappa shape index (κ2) is 11.5. The number of para-hydroxylation sites is 1. The molecule has 4 aromatic rings. The van der Waals surface area contributed by atoms with E-state index in [0.29, 0.717) is 45.0 Å². The number of carbonyl (C=O) groups is 1. The Kier molecular flexibility index (Phi) is 7.96. The number of furan rings is 1. The summed E-state index contributed by atoms with van der Waals surface area (Å²) in [5, 5.41) is 0. The summed E-state index contributed by atoms with van der Waals surface area (Å²) in [6.07, 6.45) is -2.95. The molecule has 0 unspecified atom stereocenters. The standard InChI is InChI=1S/C31H28F3N3O4S/c1-5-36(6-2)29(39)26-18(3)35-30-37(27(26)22-12-7-8-13-24(22)40-4)28(38)25(42-30)17-21-14-15-23(41-21)19-10-9-11-20(16-19)31(32,33)34/h7-17,27H,5-6H2,1-4H3/b25-17+/t27-/m0/s1. The quantitative estimate of drug-likeness (QED) is 0.287. The summed E-state index contributed by atoms with van der Waals surface area (Å²) in [6, 6.07) is 14.4. The maximum atomic E-state index is 13.9. The first-order valence-electron chi connectivity index (χ1n) is 13.3. The van der Waals surface area contributed by atoms with Gasteiger partial charge in [0.05, 0.1) is 28.5 Å². The van der Waals surface area contributed by atoms with E-state index in [9.17, 15) is 22.8 Å². The Morgan fingerprint density at radius 2 is 1.86 bits per heavy atom. The predicted molar refractivity (Wildman–Crippen MR) is 154 cm³/mol. The number of ether oxygens (including phenoxy) is 1. The largest absolute Gasteiger partial charge is 0.496 e. The van der Waals surface area contributed by atoms with E-state index in [-0.39, 0.29) is 28.6 Å². The van der Waals surface area contributed by atoms with E-state index >= 15 is 0 Å². The topological polar surface area (TPSA) is 77.0 Å². The van der Waals surface area contributed by atoms with Gasteiger partial charge >= 0.3 is 6.18 Å². The van der Waals surface area contributed by atoms with Crippen LogP contribution >= 0.6 is 11.3 Å². The summed E-state index contributed by atoms with van der Waals surface area (Å²) in [5.41, 5.74) is 0.615. The van der Waals surface area contributed by atoms with Crippen LogP contribution in [0.2, 0.25) is 0 Å². The molecule has 3 heterocycles. The van der Waals surface area contributed by atoms with Crippen LogP contribution < -0.4 is 19.6 Å². The van der Waals surface area contributed by atoms with Gasteiger partial charge in [-0.2, -0.15) is 13.2 Å². The fourth-order valence-corrected chi connectivity index (χ4v) is 6.05. The molecule has 0 bridgehead atoms. The molecule has 5 rings (SSSR count). The third-order valence-corrected chi connectivity index (χ3v) is 8.09. The lowest BCUT2D eigenvalue weighted by Gasteiger charge is -2.29. The number of allylic oxidation sites excluding steroid dienone is 1. The number of aromatic nitrogens is 1. The van der Waals surface area contributed by atoms with Gasteiger partial charge in [-0.3, -0.25) is 14.2 Å². The maximum Gasteiger partial charge on any atom is 0.416 e. The monoisotopic (exact) mass is 595 g/mol. The maximum absolute atomic E-state index is 13.9. The van der Waals surface area contributed by atoms with Gasteiger partial charge in [0.15, 0.2) is 4.80 Å². The highest BCUT2D eigenvalue weighted by Crippen LogP contribution is 2.36. The van der Waals surface area contributed by atoms with E-state index in [4.69, 9.17) is 9.15 Å². The lowest BCUT2D eigenvalue weighted by atomic mass is 9.94. The SMILES string of the molecule is CCN(CC)C(=O)C1=C(C)N=c2s/c(=C/c3ccc(-c4cccc(C(F)(F)F)c4)o3)c(=O)n2[C@H]1c1ccccc1OC. The Morgan fingerprint density at radius 1 is 1.12 bits per heavy atom. The predicted octanol–water partition coefficient (Wildman–Crippen LogP) is 5.39. The number of thiazole rings is 1. The number of rotatable bonds is 7. The van der Waals surface area contributed by atoms with E-state index < -0.39 is 17.8 Å². The highest BCUT2D eigenvalue weighted by Gasteiger charge is 2.35. The second-order valence-electron chi connectivity index (χ2n) is 9.58. The zero-order valence-electron chi connectivity index (χ0n) is 23.4. The number of halogens is 3. The van der Waals surface area contributed by atoms with Crippen LogP contribution in [0.1, 0.15) is 43.7 Å². The molecule has 218 valence electrons. The number of carbonyl (C=O) groups excluding carboxylic acids is 1. The van der Waals surface area contributed by atoms with Gasteiger partial charge in [0.1, 0.15) is 23.3 Å². The van der Waals surface area contributed by atoms with Crippen molar-refractivity contribution in [1.82, 2.24) is 9.47 Å². The van der Waals surface area contributed by atoms with Crippen LogP contribution in [0.15, 0.2) is 86.1 Å². The van der Waals surface area contributed by atoms with Gasteiger partial charge < -0.3 is 14.1 Å². The van der Waals surface area contributed by atoms with E-state index in [1.165, 1.54) is 29.9 Å². The normalized spacial score (nSPS) is 15.4. The van der Waals surface area contributed by atoms with Gasteiger partial charge in [0, 0.05) is 30.3 Å². The highest BCUT2D eigenvalue weighted by atomic mass is 32.1. The van der Waals surface area contributed by atoms with Crippen molar-refractivity contribution in [2.45, 2.75) is 33.0 Å². The summed E-state index contributed by atoms with van der Waals surface area (Å²) in [4.78, 5) is 34.4. The molecular formula is C31H28F3N3O4S. The van der Waals surface area contributed by atoms with Crippen LogP contribution in [0.3, 0.4) is 0 Å². The third kappa shape index (κ3) is 5.32. The molecule has 0 radical (unpaired) electrons. The summed E-state index contributed by atoms with van der Waals surface area (Å²) in [5.74, 6) is 0.822. The van der Waals surface area contributed by atoms with Crippen LogP contribution in [0.5, 0.6) is 5.75 Å². The molecule has 0 N–H and O–H groups in total. The fourth-order valence-electron chi connectivity index (χ4n) is 5.03. The van der Waals surface area contributed by atoms with Crippen molar-refractivity contribution in [3.63, 3.8) is 0 Å². The molecule has 42 heavy (non-hydrogen) atoms. The van der Waals surface area contributed by atoms with E-state index in [2.05, 4.69) is 4.99 Å². The summed E-state index contributed by atoms with van der Waals surface area (Å²) >= 11 is 1.14. The number of alkyl halides is 3. The Hall–Kier alpha value is -4.38. The first kappa shape index (κ1) is 29.1. The highest BCUT2D eigenvalue weighted by molar-refractivity contribution is 7.07. The zero-order chi connectivity index (χ0) is 30.2. The molecule has 7 nitrogen and oxygen atoms in total. The lowest BCUT2D eigenvalue weighted by molar-refractivity contribution is -0.137. The van der Waals surface area contributed by atoms with Crippen molar-refractivity contribution in [2.75, 3.05) is 20.2 Å². The minimum absolute atomic E-state index is 0.219. The average Bonchev–Trinajstić information content (AvgIpc) is 3.56. The first-order chi connectivity index (χ1) is 20.1. The van der Waals surface area contributed by atoms with Gasteiger partial charge in [-0.05, 0) is 51.1 Å². The Morgan fingerprint density at radius 3 is 2.55 bits per heavy atom. The molecule has 1 atom stereocenters. The molecule has 1 aliphatic rings. The number of methoxy groups -OCH3 is 1. The Balaban J connectivity index is 1.64. The van der Waals surface area contributed by atoms with Crippen LogP contribution in [0.25, 0.3) is 17.4 Å². The fraction of sp³-hybridized carbons (Fsp3) is 0.258. The summed E-state index contributed by atoms with van der Waals surface area (Å²) in [6.45, 7) is 6.51. The molecule has 0 saturated carbocycles. The summed E-state index contributed by atoms with van der Waals surface area (Å²) in [7, 11) is 1.53. The number of hydrogen-bond acceptors (Lipinski definition) is 6. The van der Waals surface area contributed by atoms with Crippen molar-refractivity contribution in [3.8, 4) is 17.1 Å². The van der Waals surface area contributed by atoms with Gasteiger partial charge in [-0.1, -0.05) is 41.7 Å². The molecule has 1 aliphatic heterocycles. The number of fused-ring (bicyclic) bond motifs is 1. The molecule has 0 fully saturated rings. The molecule has 2 aromatic heterocycles. The van der Waals surface area contributed by atoms with Crippen LogP contribution in [0, 0.1) is 0 Å². The van der Waals surface area contributed by atoms with Gasteiger partial charge in [0.2, 0.25) is 0 Å². The van der Waals surface area contributed by atoms with Crippen LogP contribution in [0.4, 0.5) is 13.2 Å². The van der Waals surface area contributed by atoms with E-state index in [1.54, 1.807) is 30.0 Å².